The van der Waals surface area contributed by atoms with Gasteiger partial charge in [0.05, 0.1) is 5.02 Å². The number of halogens is 1. The Hall–Kier alpha value is -4.58. The lowest BCUT2D eigenvalue weighted by Crippen LogP contribution is -2.71. The maximum Gasteiger partial charge on any atom is 0.327 e. The third-order valence-corrected chi connectivity index (χ3v) is 13.1. The third kappa shape index (κ3) is 6.64. The Morgan fingerprint density at radius 1 is 0.849 bits per heavy atom. The number of amides is 4. The van der Waals surface area contributed by atoms with Crippen molar-refractivity contribution < 1.29 is 43.5 Å². The molecule has 0 spiro atoms. The second-order valence-electron chi connectivity index (χ2n) is 14.0. The van der Waals surface area contributed by atoms with Gasteiger partial charge in [-0.2, -0.15) is 0 Å². The van der Waals surface area contributed by atoms with Gasteiger partial charge in [-0.3, -0.25) is 19.2 Å². The first-order valence-electron chi connectivity index (χ1n) is 16.5. The normalized spacial score (nSPS) is 26.5. The van der Waals surface area contributed by atoms with E-state index < -0.39 is 74.7 Å². The van der Waals surface area contributed by atoms with E-state index in [2.05, 4.69) is 15.8 Å². The number of aryl methyl sites for hydroxylation is 1. The Morgan fingerprint density at radius 3 is 1.85 bits per heavy atom. The zero-order valence-electron chi connectivity index (χ0n) is 29.1. The number of fused-ring (bicyclic) bond motifs is 2. The summed E-state index contributed by atoms with van der Waals surface area (Å²) < 4.78 is 3.92. The number of aliphatic carboxylic acids is 2. The van der Waals surface area contributed by atoms with Crippen LogP contribution in [0.5, 0.6) is 0 Å². The average molecular weight is 785 g/mol. The van der Waals surface area contributed by atoms with E-state index in [9.17, 15) is 39.0 Å². The Labute approximate surface area is 317 Å². The van der Waals surface area contributed by atoms with Gasteiger partial charge >= 0.3 is 11.9 Å². The van der Waals surface area contributed by atoms with Gasteiger partial charge in [-0.1, -0.05) is 65.3 Å². The molecule has 4 saturated heterocycles. The number of benzene rings is 2. The van der Waals surface area contributed by atoms with Crippen molar-refractivity contribution in [1.29, 1.82) is 0 Å². The number of rotatable bonds is 8. The van der Waals surface area contributed by atoms with Crippen LogP contribution < -0.4 is 16.4 Å². The highest BCUT2D eigenvalue weighted by Crippen LogP contribution is 2.52. The SMILES string of the molecule is CC1(C)S[C@@H]2[C@H](NC(=O)C(N)c3ccccc3)C(=O)N2[C@@H]1C(=O)O.Cc1onc(-c2ccccc2Cl)c1C(=O)N[C@@H]1C(=O)N2[C@@H]1SC(C)(C)[C@@H]2C(=O)O. The van der Waals surface area contributed by atoms with Crippen molar-refractivity contribution in [2.45, 2.75) is 85.1 Å². The molecule has 0 radical (unpaired) electrons. The van der Waals surface area contributed by atoms with Crippen LogP contribution in [0.4, 0.5) is 0 Å². The van der Waals surface area contributed by atoms with Crippen molar-refractivity contribution in [3.63, 3.8) is 0 Å². The molecule has 15 nitrogen and oxygen atoms in total. The van der Waals surface area contributed by atoms with Gasteiger partial charge < -0.3 is 40.9 Å². The van der Waals surface area contributed by atoms with Crippen LogP contribution in [0, 0.1) is 6.92 Å². The Morgan fingerprint density at radius 2 is 1.34 bits per heavy atom. The lowest BCUT2D eigenvalue weighted by atomic mass is 9.95. The molecule has 0 aliphatic carbocycles. The van der Waals surface area contributed by atoms with Crippen LogP contribution in [0.1, 0.15) is 55.4 Å². The number of β-lactam (4-membered cyclic amide) rings is 2. The van der Waals surface area contributed by atoms with E-state index in [1.807, 2.05) is 6.07 Å². The maximum absolute atomic E-state index is 13.0. The number of carboxylic acids is 2. The summed E-state index contributed by atoms with van der Waals surface area (Å²) in [4.78, 5) is 76.0. The molecule has 4 fully saturated rings. The van der Waals surface area contributed by atoms with Crippen molar-refractivity contribution >= 4 is 70.7 Å². The fourth-order valence-corrected chi connectivity index (χ4v) is 10.5. The highest BCUT2D eigenvalue weighted by molar-refractivity contribution is 8.02. The molecule has 0 saturated carbocycles. The van der Waals surface area contributed by atoms with Crippen LogP contribution in [0.3, 0.4) is 0 Å². The van der Waals surface area contributed by atoms with E-state index in [1.165, 1.54) is 33.3 Å². The summed E-state index contributed by atoms with van der Waals surface area (Å²) in [5.74, 6) is -3.55. The first kappa shape index (κ1) is 38.2. The van der Waals surface area contributed by atoms with Crippen LogP contribution in [0.2, 0.25) is 5.02 Å². The number of nitrogens with two attached hydrogens (primary N) is 1. The summed E-state index contributed by atoms with van der Waals surface area (Å²) in [6, 6.07) is 11.6. The predicted octanol–water partition coefficient (Wildman–Crippen LogP) is 2.87. The molecular formula is C35H37ClN6O9S2. The molecule has 2 aromatic carbocycles. The molecule has 4 aliphatic rings. The van der Waals surface area contributed by atoms with Crippen LogP contribution in [-0.2, 0) is 24.0 Å². The summed E-state index contributed by atoms with van der Waals surface area (Å²) in [7, 11) is 0. The molecule has 1 unspecified atom stereocenters. The molecule has 280 valence electrons. The first-order valence-corrected chi connectivity index (χ1v) is 18.6. The van der Waals surface area contributed by atoms with Gasteiger partial charge in [0, 0.05) is 15.1 Å². The van der Waals surface area contributed by atoms with Crippen molar-refractivity contribution in [2.75, 3.05) is 0 Å². The smallest absolute Gasteiger partial charge is 0.327 e. The van der Waals surface area contributed by atoms with Crippen LogP contribution >= 0.6 is 35.1 Å². The second-order valence-corrected chi connectivity index (χ2v) is 17.9. The number of nitrogens with one attached hydrogen (secondary N) is 2. The molecule has 1 aromatic heterocycles. The van der Waals surface area contributed by atoms with Crippen molar-refractivity contribution in [1.82, 2.24) is 25.6 Å². The van der Waals surface area contributed by atoms with E-state index >= 15 is 0 Å². The monoisotopic (exact) mass is 784 g/mol. The number of carbonyl (C=O) groups is 6. The lowest BCUT2D eigenvalue weighted by molar-refractivity contribution is -0.161. The fourth-order valence-electron chi connectivity index (χ4n) is 7.04. The molecule has 5 heterocycles. The van der Waals surface area contributed by atoms with Crippen LogP contribution in [0.25, 0.3) is 11.3 Å². The standard InChI is InChI=1S/C19H18ClN3O5S.C16H19N3O4S/c1-8-11(12(22-28-8)9-6-4-5-7-10(9)20)15(24)21-13-16(25)23-14(18(26)27)19(2,3)29-17(13)23;1-16(2)11(15(22)23)19-13(21)10(14(19)24-16)18-12(20)9(17)8-6-4-3-5-7-8/h4-7,13-14,17H,1-3H3,(H,21,24)(H,26,27);3-7,9-11,14H,17H2,1-2H3,(H,18,20)(H,22,23)/t13-,14+,17-;9?,10-,11-,14-/m11/s1. The van der Waals surface area contributed by atoms with Gasteiger partial charge in [0.25, 0.3) is 5.91 Å². The topological polar surface area (TPSA) is 225 Å². The Bertz CT molecular complexity index is 2010. The minimum absolute atomic E-state index is 0.196. The van der Waals surface area contributed by atoms with Crippen molar-refractivity contribution in [2.24, 2.45) is 5.73 Å². The maximum atomic E-state index is 13.0. The number of hydrogen-bond acceptors (Lipinski definition) is 11. The number of hydrogen-bond donors (Lipinski definition) is 5. The average Bonchev–Trinajstić information content (AvgIpc) is 3.70. The first-order chi connectivity index (χ1) is 24.9. The van der Waals surface area contributed by atoms with Crippen molar-refractivity contribution in [3.8, 4) is 11.3 Å². The molecule has 0 bridgehead atoms. The summed E-state index contributed by atoms with van der Waals surface area (Å²) in [5.41, 5.74) is 7.62. The third-order valence-electron chi connectivity index (χ3n) is 9.59. The molecule has 4 amide bonds. The quantitative estimate of drug-likeness (QED) is 0.208. The minimum Gasteiger partial charge on any atom is -0.480 e. The van der Waals surface area contributed by atoms with E-state index in [4.69, 9.17) is 21.9 Å². The zero-order chi connectivity index (χ0) is 38.7. The Kier molecular flexibility index (Phi) is 10.1. The summed E-state index contributed by atoms with van der Waals surface area (Å²) in [5, 5.41) is 27.8. The summed E-state index contributed by atoms with van der Waals surface area (Å²) >= 11 is 8.97. The van der Waals surface area contributed by atoms with E-state index in [1.54, 1.807) is 83.1 Å². The minimum atomic E-state index is -1.06. The predicted molar refractivity (Wildman–Crippen MR) is 196 cm³/mol. The highest BCUT2D eigenvalue weighted by Gasteiger charge is 2.65. The number of nitrogens with zero attached hydrogens (tertiary/aromatic N) is 3. The number of thioether (sulfide) groups is 2. The van der Waals surface area contributed by atoms with E-state index in [0.717, 1.165) is 0 Å². The van der Waals surface area contributed by atoms with Crippen LogP contribution in [0.15, 0.2) is 59.1 Å². The molecule has 4 aliphatic heterocycles. The van der Waals surface area contributed by atoms with Gasteiger partial charge in [0.2, 0.25) is 17.7 Å². The fraction of sp³-hybridized carbons (Fsp3) is 0.400. The summed E-state index contributed by atoms with van der Waals surface area (Å²) in [6.45, 7) is 8.74. The number of carboxylic acid groups (broad SMARTS) is 2. The van der Waals surface area contributed by atoms with Gasteiger partial charge in [0.1, 0.15) is 58.0 Å². The number of aromatic nitrogens is 1. The molecule has 3 aromatic rings. The molecular weight excluding hydrogens is 748 g/mol. The lowest BCUT2D eigenvalue weighted by Gasteiger charge is -2.43. The van der Waals surface area contributed by atoms with Gasteiger partial charge in [-0.05, 0) is 46.2 Å². The van der Waals surface area contributed by atoms with E-state index in [-0.39, 0.29) is 22.5 Å². The Balaban J connectivity index is 0.000000185. The number of carbonyl (C=O) groups excluding carboxylic acids is 4. The van der Waals surface area contributed by atoms with Gasteiger partial charge in [-0.25, -0.2) is 9.59 Å². The summed E-state index contributed by atoms with van der Waals surface area (Å²) in [6.07, 6.45) is 0. The molecule has 6 N–H and O–H groups in total. The zero-order valence-corrected chi connectivity index (χ0v) is 31.5. The molecule has 53 heavy (non-hydrogen) atoms. The van der Waals surface area contributed by atoms with E-state index in [0.29, 0.717) is 21.9 Å². The molecule has 18 heteroatoms. The van der Waals surface area contributed by atoms with Crippen LogP contribution in [-0.4, -0.2) is 105 Å². The van der Waals surface area contributed by atoms with Gasteiger partial charge in [-0.15, -0.1) is 23.5 Å². The van der Waals surface area contributed by atoms with Gasteiger partial charge in [0.15, 0.2) is 0 Å². The molecule has 7 rings (SSSR count). The second kappa shape index (κ2) is 14.0. The largest absolute Gasteiger partial charge is 0.480 e. The van der Waals surface area contributed by atoms with Crippen molar-refractivity contribution in [3.05, 3.63) is 76.5 Å². The molecule has 7 atom stereocenters. The highest BCUT2D eigenvalue weighted by atomic mass is 35.5.